The van der Waals surface area contributed by atoms with E-state index >= 15 is 0 Å². The summed E-state index contributed by atoms with van der Waals surface area (Å²) in [5.74, 6) is 0. The van der Waals surface area contributed by atoms with E-state index in [9.17, 15) is 0 Å². The van der Waals surface area contributed by atoms with Crippen molar-refractivity contribution < 1.29 is 4.74 Å². The Morgan fingerprint density at radius 1 is 1.28 bits per heavy atom. The minimum Gasteiger partial charge on any atom is -0.378 e. The second-order valence-corrected chi connectivity index (χ2v) is 5.86. The highest BCUT2D eigenvalue weighted by Gasteiger charge is 2.27. The van der Waals surface area contributed by atoms with Crippen LogP contribution < -0.4 is 5.32 Å². The molecule has 0 radical (unpaired) electrons. The Bertz CT molecular complexity index is 429. The summed E-state index contributed by atoms with van der Waals surface area (Å²) in [6.45, 7) is 5.28. The Hall–Kier alpha value is -0.860. The van der Waals surface area contributed by atoms with Crippen LogP contribution in [-0.2, 0) is 11.2 Å². The maximum atomic E-state index is 5.62. The molecule has 1 aliphatic carbocycles. The maximum absolute atomic E-state index is 5.62. The molecule has 2 heteroatoms. The molecule has 1 aliphatic heterocycles. The number of rotatable bonds is 2. The summed E-state index contributed by atoms with van der Waals surface area (Å²) in [5.41, 5.74) is 4.45. The average Bonchev–Trinajstić information content (AvgIpc) is 2.72. The van der Waals surface area contributed by atoms with Crippen LogP contribution in [0.25, 0.3) is 0 Å². The lowest BCUT2D eigenvalue weighted by molar-refractivity contribution is 0.0112. The molecule has 1 aromatic carbocycles. The number of fused-ring (bicyclic) bond motifs is 1. The zero-order valence-corrected chi connectivity index (χ0v) is 11.4. The van der Waals surface area contributed by atoms with Crippen LogP contribution in [0.5, 0.6) is 0 Å². The van der Waals surface area contributed by atoms with Crippen molar-refractivity contribution >= 4 is 0 Å². The SMILES string of the molecule is Cc1ccc2c(c1)C(NC1CCOC(C)C1)CC2. The smallest absolute Gasteiger partial charge is 0.0561 e. The molecule has 0 aromatic heterocycles. The molecule has 0 bridgehead atoms. The summed E-state index contributed by atoms with van der Waals surface area (Å²) >= 11 is 0. The molecule has 1 aromatic rings. The van der Waals surface area contributed by atoms with Crippen molar-refractivity contribution in [3.05, 3.63) is 34.9 Å². The molecule has 1 N–H and O–H groups in total. The highest BCUT2D eigenvalue weighted by molar-refractivity contribution is 5.37. The molecule has 3 unspecified atom stereocenters. The van der Waals surface area contributed by atoms with Crippen LogP contribution in [0.3, 0.4) is 0 Å². The largest absolute Gasteiger partial charge is 0.378 e. The van der Waals surface area contributed by atoms with Gasteiger partial charge in [-0.25, -0.2) is 0 Å². The summed E-state index contributed by atoms with van der Waals surface area (Å²) in [6, 6.07) is 8.10. The van der Waals surface area contributed by atoms with Gasteiger partial charge in [-0.3, -0.25) is 0 Å². The lowest BCUT2D eigenvalue weighted by Crippen LogP contribution is -2.39. The minimum absolute atomic E-state index is 0.412. The second kappa shape index (κ2) is 5.02. The van der Waals surface area contributed by atoms with Gasteiger partial charge in [-0.05, 0) is 50.7 Å². The highest BCUT2D eigenvalue weighted by atomic mass is 16.5. The third-order valence-electron chi connectivity index (χ3n) is 4.30. The minimum atomic E-state index is 0.412. The predicted octanol–water partition coefficient (Wildman–Crippen LogP) is 3.14. The molecule has 1 saturated heterocycles. The van der Waals surface area contributed by atoms with E-state index in [4.69, 9.17) is 4.74 Å². The van der Waals surface area contributed by atoms with Crippen molar-refractivity contribution in [3.8, 4) is 0 Å². The highest BCUT2D eigenvalue weighted by Crippen LogP contribution is 2.33. The Morgan fingerprint density at radius 3 is 3.00 bits per heavy atom. The first-order chi connectivity index (χ1) is 8.72. The number of ether oxygens (including phenoxy) is 1. The van der Waals surface area contributed by atoms with Crippen LogP contribution in [0.15, 0.2) is 18.2 Å². The van der Waals surface area contributed by atoms with Gasteiger partial charge < -0.3 is 10.1 Å². The summed E-state index contributed by atoms with van der Waals surface area (Å²) in [4.78, 5) is 0. The summed E-state index contributed by atoms with van der Waals surface area (Å²) in [5, 5.41) is 3.85. The fraction of sp³-hybridized carbons (Fsp3) is 0.625. The number of hydrogen-bond acceptors (Lipinski definition) is 2. The lowest BCUT2D eigenvalue weighted by atomic mass is 10.0. The van der Waals surface area contributed by atoms with Crippen molar-refractivity contribution in [1.29, 1.82) is 0 Å². The van der Waals surface area contributed by atoms with Crippen LogP contribution in [0.4, 0.5) is 0 Å². The van der Waals surface area contributed by atoms with Gasteiger partial charge in [0.15, 0.2) is 0 Å². The van der Waals surface area contributed by atoms with E-state index < -0.39 is 0 Å². The maximum Gasteiger partial charge on any atom is 0.0561 e. The topological polar surface area (TPSA) is 21.3 Å². The standard InChI is InChI=1S/C16H23NO/c1-11-3-4-13-5-6-16(15(13)9-11)17-14-7-8-18-12(2)10-14/h3-4,9,12,14,16-17H,5-8,10H2,1-2H3. The van der Waals surface area contributed by atoms with Crippen LogP contribution in [0, 0.1) is 6.92 Å². The first-order valence-corrected chi connectivity index (χ1v) is 7.19. The van der Waals surface area contributed by atoms with Gasteiger partial charge in [0.1, 0.15) is 0 Å². The third-order valence-corrected chi connectivity index (χ3v) is 4.30. The van der Waals surface area contributed by atoms with Gasteiger partial charge >= 0.3 is 0 Å². The summed E-state index contributed by atoms with van der Waals surface area (Å²) in [6.07, 6.45) is 5.20. The molecule has 98 valence electrons. The van der Waals surface area contributed by atoms with E-state index in [1.54, 1.807) is 5.56 Å². The van der Waals surface area contributed by atoms with Crippen LogP contribution in [-0.4, -0.2) is 18.8 Å². The van der Waals surface area contributed by atoms with Crippen LogP contribution in [0.2, 0.25) is 0 Å². The quantitative estimate of drug-likeness (QED) is 0.864. The molecule has 2 nitrogen and oxygen atoms in total. The van der Waals surface area contributed by atoms with Gasteiger partial charge in [-0.1, -0.05) is 23.8 Å². The first kappa shape index (κ1) is 12.2. The van der Waals surface area contributed by atoms with Gasteiger partial charge in [0.25, 0.3) is 0 Å². The van der Waals surface area contributed by atoms with Crippen LogP contribution in [0.1, 0.15) is 48.9 Å². The van der Waals surface area contributed by atoms with E-state index in [2.05, 4.69) is 37.4 Å². The van der Waals surface area contributed by atoms with Gasteiger partial charge in [0, 0.05) is 18.7 Å². The lowest BCUT2D eigenvalue weighted by Gasteiger charge is -2.30. The molecule has 3 atom stereocenters. The fourth-order valence-corrected chi connectivity index (χ4v) is 3.33. The van der Waals surface area contributed by atoms with Crippen molar-refractivity contribution in [2.75, 3.05) is 6.61 Å². The third kappa shape index (κ3) is 2.45. The molecule has 1 fully saturated rings. The van der Waals surface area contributed by atoms with Gasteiger partial charge in [-0.15, -0.1) is 0 Å². The van der Waals surface area contributed by atoms with Gasteiger partial charge in [-0.2, -0.15) is 0 Å². The summed E-state index contributed by atoms with van der Waals surface area (Å²) in [7, 11) is 0. The average molecular weight is 245 g/mol. The van der Waals surface area contributed by atoms with E-state index in [-0.39, 0.29) is 0 Å². The van der Waals surface area contributed by atoms with Crippen molar-refractivity contribution in [2.45, 2.75) is 57.7 Å². The van der Waals surface area contributed by atoms with E-state index in [1.807, 2.05) is 0 Å². The number of aryl methyl sites for hydroxylation is 2. The number of benzene rings is 1. The van der Waals surface area contributed by atoms with Crippen molar-refractivity contribution in [1.82, 2.24) is 5.32 Å². The Labute approximate surface area is 110 Å². The van der Waals surface area contributed by atoms with Gasteiger partial charge in [0.05, 0.1) is 6.10 Å². The summed E-state index contributed by atoms with van der Waals surface area (Å²) < 4.78 is 5.62. The molecule has 2 aliphatic rings. The molecule has 0 amide bonds. The van der Waals surface area contributed by atoms with E-state index in [1.165, 1.54) is 24.0 Å². The molecular formula is C16H23NO. The molecule has 3 rings (SSSR count). The Balaban J connectivity index is 1.70. The van der Waals surface area contributed by atoms with Crippen molar-refractivity contribution in [2.24, 2.45) is 0 Å². The van der Waals surface area contributed by atoms with Crippen molar-refractivity contribution in [3.63, 3.8) is 0 Å². The molecule has 0 spiro atoms. The number of hydrogen-bond donors (Lipinski definition) is 1. The number of nitrogens with one attached hydrogen (secondary N) is 1. The zero-order chi connectivity index (χ0) is 12.5. The first-order valence-electron chi connectivity index (χ1n) is 7.19. The monoisotopic (exact) mass is 245 g/mol. The molecule has 1 heterocycles. The molecular weight excluding hydrogens is 222 g/mol. The molecule has 18 heavy (non-hydrogen) atoms. The Morgan fingerprint density at radius 2 is 2.17 bits per heavy atom. The Kier molecular flexibility index (Phi) is 3.40. The van der Waals surface area contributed by atoms with E-state index in [0.717, 1.165) is 19.4 Å². The molecule has 0 saturated carbocycles. The van der Waals surface area contributed by atoms with Crippen LogP contribution >= 0.6 is 0 Å². The predicted molar refractivity (Wildman–Crippen MR) is 73.8 cm³/mol. The van der Waals surface area contributed by atoms with Gasteiger partial charge in [0.2, 0.25) is 0 Å². The van der Waals surface area contributed by atoms with E-state index in [0.29, 0.717) is 18.2 Å². The normalized spacial score (nSPS) is 31.3. The second-order valence-electron chi connectivity index (χ2n) is 5.86. The zero-order valence-electron chi connectivity index (χ0n) is 11.4. The fourth-order valence-electron chi connectivity index (χ4n) is 3.33.